The van der Waals surface area contributed by atoms with Gasteiger partial charge in [-0.05, 0) is 45.6 Å². The molecular formula is C14H25N5O2. The Morgan fingerprint density at radius 2 is 2.19 bits per heavy atom. The minimum absolute atomic E-state index is 0.146. The van der Waals surface area contributed by atoms with Crippen LogP contribution in [0, 0.1) is 23.0 Å². The van der Waals surface area contributed by atoms with Crippen LogP contribution in [0.15, 0.2) is 0 Å². The number of nitrogens with zero attached hydrogens (tertiary/aromatic N) is 4. The van der Waals surface area contributed by atoms with Crippen LogP contribution in [0.25, 0.3) is 0 Å². The second kappa shape index (κ2) is 6.43. The summed E-state index contributed by atoms with van der Waals surface area (Å²) in [5.41, 5.74) is 6.44. The van der Waals surface area contributed by atoms with E-state index in [1.54, 1.807) is 11.6 Å². The van der Waals surface area contributed by atoms with Crippen LogP contribution in [-0.4, -0.2) is 33.8 Å². The first kappa shape index (κ1) is 15.8. The van der Waals surface area contributed by atoms with Crippen molar-refractivity contribution in [3.63, 3.8) is 0 Å². The van der Waals surface area contributed by atoms with Crippen LogP contribution in [0.1, 0.15) is 38.8 Å². The summed E-state index contributed by atoms with van der Waals surface area (Å²) in [5, 5.41) is 15.8. The molecule has 1 fully saturated rings. The van der Waals surface area contributed by atoms with Gasteiger partial charge in [0.05, 0.1) is 4.92 Å². The summed E-state index contributed by atoms with van der Waals surface area (Å²) in [6, 6.07) is 0.276. The molecule has 0 aliphatic carbocycles. The van der Waals surface area contributed by atoms with E-state index in [1.165, 1.54) is 0 Å². The van der Waals surface area contributed by atoms with E-state index in [4.69, 9.17) is 5.73 Å². The van der Waals surface area contributed by atoms with Gasteiger partial charge < -0.3 is 10.6 Å². The third-order valence-electron chi connectivity index (χ3n) is 4.27. The van der Waals surface area contributed by atoms with Crippen LogP contribution >= 0.6 is 0 Å². The quantitative estimate of drug-likeness (QED) is 0.663. The normalized spacial score (nSPS) is 22.6. The molecule has 1 saturated heterocycles. The number of hydrogen-bond donors (Lipinski definition) is 1. The summed E-state index contributed by atoms with van der Waals surface area (Å²) in [6.45, 7) is 7.97. The number of aromatic nitrogens is 2. The Bertz CT molecular complexity index is 514. The van der Waals surface area contributed by atoms with Gasteiger partial charge in [0.1, 0.15) is 5.69 Å². The average Bonchev–Trinajstić information content (AvgIpc) is 2.76. The Hall–Kier alpha value is -1.63. The zero-order valence-corrected chi connectivity index (χ0v) is 13.1. The molecule has 118 valence electrons. The number of anilines is 1. The number of rotatable bonds is 5. The highest BCUT2D eigenvalue weighted by atomic mass is 16.6. The van der Waals surface area contributed by atoms with Gasteiger partial charge in [-0.15, -0.1) is 0 Å². The predicted octanol–water partition coefficient (Wildman–Crippen LogP) is 2.07. The molecule has 0 radical (unpaired) electrons. The molecule has 2 unspecified atom stereocenters. The van der Waals surface area contributed by atoms with Crippen molar-refractivity contribution in [2.45, 2.75) is 52.6 Å². The summed E-state index contributed by atoms with van der Waals surface area (Å²) in [4.78, 5) is 13.3. The molecule has 2 atom stereocenters. The molecule has 1 aliphatic heterocycles. The Morgan fingerprint density at radius 1 is 1.48 bits per heavy atom. The number of piperidine rings is 1. The maximum Gasteiger partial charge on any atom is 0.333 e. The molecule has 2 N–H and O–H groups in total. The molecule has 0 amide bonds. The fourth-order valence-electron chi connectivity index (χ4n) is 3.10. The second-order valence-corrected chi connectivity index (χ2v) is 5.92. The second-order valence-electron chi connectivity index (χ2n) is 5.92. The lowest BCUT2D eigenvalue weighted by Gasteiger charge is -2.38. The van der Waals surface area contributed by atoms with Gasteiger partial charge in [-0.1, -0.05) is 6.92 Å². The lowest BCUT2D eigenvalue weighted by molar-refractivity contribution is -0.384. The summed E-state index contributed by atoms with van der Waals surface area (Å²) in [7, 11) is 0. The first-order valence-corrected chi connectivity index (χ1v) is 7.68. The SMILES string of the molecule is CCCn1nc(C)c([N+](=O)[O-])c1N1CC(CN)CCC1C. The van der Waals surface area contributed by atoms with Crippen molar-refractivity contribution in [3.05, 3.63) is 15.8 Å². The van der Waals surface area contributed by atoms with Crippen LogP contribution in [0.4, 0.5) is 11.5 Å². The first-order valence-electron chi connectivity index (χ1n) is 7.68. The smallest absolute Gasteiger partial charge is 0.333 e. The zero-order chi connectivity index (χ0) is 15.6. The molecule has 0 spiro atoms. The highest BCUT2D eigenvalue weighted by Crippen LogP contribution is 2.36. The van der Waals surface area contributed by atoms with E-state index in [-0.39, 0.29) is 16.7 Å². The van der Waals surface area contributed by atoms with Crippen molar-refractivity contribution in [1.29, 1.82) is 0 Å². The third kappa shape index (κ3) is 3.02. The number of hydrogen-bond acceptors (Lipinski definition) is 5. The minimum atomic E-state index is -0.303. The van der Waals surface area contributed by atoms with E-state index in [2.05, 4.69) is 23.8 Å². The largest absolute Gasteiger partial charge is 0.348 e. The lowest BCUT2D eigenvalue weighted by Crippen LogP contribution is -2.45. The molecule has 1 aliphatic rings. The monoisotopic (exact) mass is 295 g/mol. The van der Waals surface area contributed by atoms with Gasteiger partial charge >= 0.3 is 5.69 Å². The van der Waals surface area contributed by atoms with Gasteiger partial charge in [0.2, 0.25) is 5.82 Å². The topological polar surface area (TPSA) is 90.2 Å². The van der Waals surface area contributed by atoms with Crippen molar-refractivity contribution in [3.8, 4) is 0 Å². The Morgan fingerprint density at radius 3 is 2.76 bits per heavy atom. The van der Waals surface area contributed by atoms with Gasteiger partial charge in [-0.2, -0.15) is 5.10 Å². The van der Waals surface area contributed by atoms with Crippen LogP contribution in [0.3, 0.4) is 0 Å². The van der Waals surface area contributed by atoms with Crippen molar-refractivity contribution in [2.24, 2.45) is 11.7 Å². The lowest BCUT2D eigenvalue weighted by atomic mass is 9.93. The van der Waals surface area contributed by atoms with E-state index >= 15 is 0 Å². The number of nitro groups is 1. The van der Waals surface area contributed by atoms with Crippen molar-refractivity contribution >= 4 is 11.5 Å². The summed E-state index contributed by atoms with van der Waals surface area (Å²) >= 11 is 0. The average molecular weight is 295 g/mol. The first-order chi connectivity index (χ1) is 9.99. The standard InChI is InChI=1S/C14H25N5O2/c1-4-7-18-14(13(19(20)21)11(3)16-18)17-9-12(8-15)6-5-10(17)2/h10,12H,4-9,15H2,1-3H3. The van der Waals surface area contributed by atoms with Gasteiger partial charge in [0.15, 0.2) is 0 Å². The Labute approximate surface area is 125 Å². The van der Waals surface area contributed by atoms with Crippen molar-refractivity contribution < 1.29 is 4.92 Å². The molecule has 7 heteroatoms. The summed E-state index contributed by atoms with van der Waals surface area (Å²) < 4.78 is 1.79. The number of aryl methyl sites for hydroxylation is 2. The molecule has 2 heterocycles. The van der Waals surface area contributed by atoms with Crippen LogP contribution < -0.4 is 10.6 Å². The van der Waals surface area contributed by atoms with Crippen LogP contribution in [-0.2, 0) is 6.54 Å². The van der Waals surface area contributed by atoms with E-state index in [0.717, 1.165) is 25.8 Å². The molecule has 0 aromatic carbocycles. The molecule has 0 bridgehead atoms. The number of nitrogens with two attached hydrogens (primary N) is 1. The molecule has 2 rings (SSSR count). The fraction of sp³-hybridized carbons (Fsp3) is 0.786. The van der Waals surface area contributed by atoms with E-state index in [1.807, 2.05) is 0 Å². The highest BCUT2D eigenvalue weighted by molar-refractivity contribution is 5.62. The van der Waals surface area contributed by atoms with Gasteiger partial charge in [-0.25, -0.2) is 4.68 Å². The summed E-state index contributed by atoms with van der Waals surface area (Å²) in [6.07, 6.45) is 2.99. The third-order valence-corrected chi connectivity index (χ3v) is 4.27. The van der Waals surface area contributed by atoms with Crippen LogP contribution in [0.5, 0.6) is 0 Å². The highest BCUT2D eigenvalue weighted by Gasteiger charge is 2.34. The zero-order valence-electron chi connectivity index (χ0n) is 13.1. The van der Waals surface area contributed by atoms with E-state index in [0.29, 0.717) is 30.5 Å². The molecule has 1 aromatic rings. The van der Waals surface area contributed by atoms with E-state index in [9.17, 15) is 10.1 Å². The van der Waals surface area contributed by atoms with Crippen molar-refractivity contribution in [2.75, 3.05) is 18.0 Å². The molecule has 7 nitrogen and oxygen atoms in total. The van der Waals surface area contributed by atoms with Gasteiger partial charge in [0.25, 0.3) is 0 Å². The van der Waals surface area contributed by atoms with Crippen molar-refractivity contribution in [1.82, 2.24) is 9.78 Å². The molecule has 21 heavy (non-hydrogen) atoms. The van der Waals surface area contributed by atoms with Gasteiger partial charge in [0, 0.05) is 19.1 Å². The maximum atomic E-state index is 11.5. The molecular weight excluding hydrogens is 270 g/mol. The fourth-order valence-corrected chi connectivity index (χ4v) is 3.10. The molecule has 1 aromatic heterocycles. The summed E-state index contributed by atoms with van der Waals surface area (Å²) in [5.74, 6) is 1.05. The predicted molar refractivity (Wildman–Crippen MR) is 82.5 cm³/mol. The maximum absolute atomic E-state index is 11.5. The Kier molecular flexibility index (Phi) is 4.82. The molecule has 0 saturated carbocycles. The minimum Gasteiger partial charge on any atom is -0.348 e. The Balaban J connectivity index is 2.46. The van der Waals surface area contributed by atoms with E-state index < -0.39 is 0 Å². The van der Waals surface area contributed by atoms with Gasteiger partial charge in [-0.3, -0.25) is 10.1 Å². The van der Waals surface area contributed by atoms with Crippen LogP contribution in [0.2, 0.25) is 0 Å².